The van der Waals surface area contributed by atoms with Crippen LogP contribution in [0.4, 0.5) is 11.7 Å². The molecule has 0 aliphatic heterocycles. The minimum atomic E-state index is -0.458. The Balaban J connectivity index is 1.66. The highest BCUT2D eigenvalue weighted by molar-refractivity contribution is 6.00. The molecule has 0 atom stereocenters. The molecule has 0 saturated carbocycles. The molecule has 0 bridgehead atoms. The molecule has 3 N–H and O–H groups in total. The van der Waals surface area contributed by atoms with Crippen molar-refractivity contribution in [3.63, 3.8) is 0 Å². The molecule has 0 radical (unpaired) electrons. The molecule has 6 nitrogen and oxygen atoms in total. The van der Waals surface area contributed by atoms with Gasteiger partial charge in [-0.15, -0.1) is 0 Å². The number of oxazole rings is 1. The van der Waals surface area contributed by atoms with Gasteiger partial charge in [-0.2, -0.15) is 0 Å². The maximum atomic E-state index is 11.8. The molecule has 4 rings (SSSR count). The van der Waals surface area contributed by atoms with Crippen molar-refractivity contribution in [3.05, 3.63) is 84.3 Å². The number of hydrogen-bond donors (Lipinski definition) is 2. The van der Waals surface area contributed by atoms with Crippen molar-refractivity contribution in [2.45, 2.75) is 6.92 Å². The van der Waals surface area contributed by atoms with Gasteiger partial charge in [-0.1, -0.05) is 30.3 Å². The van der Waals surface area contributed by atoms with Gasteiger partial charge in [0.1, 0.15) is 0 Å². The van der Waals surface area contributed by atoms with Crippen molar-refractivity contribution in [1.82, 2.24) is 9.97 Å². The van der Waals surface area contributed by atoms with E-state index in [-0.39, 0.29) is 0 Å². The van der Waals surface area contributed by atoms with Crippen LogP contribution in [0.15, 0.2) is 77.6 Å². The van der Waals surface area contributed by atoms with Crippen molar-refractivity contribution in [1.29, 1.82) is 0 Å². The Morgan fingerprint density at radius 1 is 1.04 bits per heavy atom. The largest absolute Gasteiger partial charge is 0.423 e. The molecule has 6 heteroatoms. The number of aromatic nitrogens is 2. The quantitative estimate of drug-likeness (QED) is 0.537. The molecule has 0 spiro atoms. The van der Waals surface area contributed by atoms with E-state index in [0.29, 0.717) is 17.3 Å². The first-order valence-corrected chi connectivity index (χ1v) is 8.75. The van der Waals surface area contributed by atoms with Gasteiger partial charge in [0.05, 0.1) is 6.20 Å². The smallest absolute Gasteiger partial charge is 0.299 e. The Bertz CT molecular complexity index is 1140. The molecule has 0 aliphatic carbocycles. The zero-order valence-electron chi connectivity index (χ0n) is 15.2. The maximum Gasteiger partial charge on any atom is 0.299 e. The second kappa shape index (κ2) is 7.36. The predicted molar refractivity (Wildman–Crippen MR) is 108 cm³/mol. The first-order valence-electron chi connectivity index (χ1n) is 8.75. The Morgan fingerprint density at radius 3 is 2.61 bits per heavy atom. The standard InChI is InChI=1S/C22H18N4O2/c1-14-6-7-16(17-4-2-3-5-18(17)21(23)27)12-19(14)26-22-25-13-20(28-22)15-8-10-24-11-9-15/h2-13H,1H3,(H2,23,27)(H,25,26). The zero-order valence-corrected chi connectivity index (χ0v) is 15.2. The van der Waals surface area contributed by atoms with Crippen molar-refractivity contribution < 1.29 is 9.21 Å². The molecule has 0 aliphatic rings. The number of amides is 1. The highest BCUT2D eigenvalue weighted by Gasteiger charge is 2.12. The fraction of sp³-hybridized carbons (Fsp3) is 0.0455. The molecule has 1 amide bonds. The lowest BCUT2D eigenvalue weighted by Crippen LogP contribution is -2.12. The normalized spacial score (nSPS) is 10.6. The summed E-state index contributed by atoms with van der Waals surface area (Å²) >= 11 is 0. The highest BCUT2D eigenvalue weighted by atomic mass is 16.4. The Labute approximate surface area is 162 Å². The first-order chi connectivity index (χ1) is 13.6. The van der Waals surface area contributed by atoms with Gasteiger partial charge in [-0.25, -0.2) is 4.98 Å². The van der Waals surface area contributed by atoms with Crippen LogP contribution in [-0.4, -0.2) is 15.9 Å². The van der Waals surface area contributed by atoms with Gasteiger partial charge in [0.15, 0.2) is 5.76 Å². The molecule has 2 aromatic carbocycles. The van der Waals surface area contributed by atoms with Crippen molar-refractivity contribution in [3.8, 4) is 22.5 Å². The summed E-state index contributed by atoms with van der Waals surface area (Å²) in [4.78, 5) is 20.1. The number of pyridine rings is 1. The number of nitrogens with zero attached hydrogens (tertiary/aromatic N) is 2. The molecular weight excluding hydrogens is 352 g/mol. The molecule has 2 heterocycles. The summed E-state index contributed by atoms with van der Waals surface area (Å²) in [7, 11) is 0. The molecule has 4 aromatic rings. The fourth-order valence-corrected chi connectivity index (χ4v) is 2.97. The van der Waals surface area contributed by atoms with E-state index >= 15 is 0 Å². The van der Waals surface area contributed by atoms with Crippen LogP contribution in [0.25, 0.3) is 22.5 Å². The molecular formula is C22H18N4O2. The number of benzene rings is 2. The van der Waals surface area contributed by atoms with E-state index in [1.165, 1.54) is 0 Å². The third-order valence-electron chi connectivity index (χ3n) is 4.45. The molecule has 2 aromatic heterocycles. The predicted octanol–water partition coefficient (Wildman–Crippen LogP) is 4.55. The van der Waals surface area contributed by atoms with E-state index in [2.05, 4.69) is 15.3 Å². The number of anilines is 2. The third kappa shape index (κ3) is 3.48. The number of primary amides is 1. The van der Waals surface area contributed by atoms with Crippen molar-refractivity contribution in [2.75, 3.05) is 5.32 Å². The van der Waals surface area contributed by atoms with E-state index in [1.54, 1.807) is 30.7 Å². The first kappa shape index (κ1) is 17.5. The average Bonchev–Trinajstić information content (AvgIpc) is 3.19. The van der Waals surface area contributed by atoms with Gasteiger partial charge in [0, 0.05) is 29.2 Å². The van der Waals surface area contributed by atoms with Crippen LogP contribution in [0, 0.1) is 6.92 Å². The molecule has 0 fully saturated rings. The van der Waals surface area contributed by atoms with E-state index in [0.717, 1.165) is 27.9 Å². The molecule has 0 unspecified atom stereocenters. The summed E-state index contributed by atoms with van der Waals surface area (Å²) in [6, 6.07) is 17.3. The lowest BCUT2D eigenvalue weighted by atomic mass is 9.97. The van der Waals surface area contributed by atoms with E-state index in [9.17, 15) is 4.79 Å². The van der Waals surface area contributed by atoms with E-state index < -0.39 is 5.91 Å². The van der Waals surface area contributed by atoms with Crippen LogP contribution in [0.2, 0.25) is 0 Å². The monoisotopic (exact) mass is 370 g/mol. The molecule has 0 saturated heterocycles. The summed E-state index contributed by atoms with van der Waals surface area (Å²) in [5.74, 6) is 0.193. The van der Waals surface area contributed by atoms with Crippen LogP contribution >= 0.6 is 0 Å². The Hall–Kier alpha value is -3.93. The number of aryl methyl sites for hydroxylation is 1. The van der Waals surface area contributed by atoms with Gasteiger partial charge in [-0.3, -0.25) is 9.78 Å². The van der Waals surface area contributed by atoms with Crippen LogP contribution < -0.4 is 11.1 Å². The van der Waals surface area contributed by atoms with Gasteiger partial charge < -0.3 is 15.5 Å². The number of nitrogens with one attached hydrogen (secondary N) is 1. The van der Waals surface area contributed by atoms with E-state index in [4.69, 9.17) is 10.2 Å². The lowest BCUT2D eigenvalue weighted by Gasteiger charge is -2.11. The zero-order chi connectivity index (χ0) is 19.5. The van der Waals surface area contributed by atoms with Gasteiger partial charge in [-0.05, 0) is 47.9 Å². The summed E-state index contributed by atoms with van der Waals surface area (Å²) in [5, 5.41) is 3.21. The van der Waals surface area contributed by atoms with E-state index in [1.807, 2.05) is 49.4 Å². The number of hydrogen-bond acceptors (Lipinski definition) is 5. The minimum Gasteiger partial charge on any atom is -0.423 e. The van der Waals surface area contributed by atoms with Crippen molar-refractivity contribution >= 4 is 17.6 Å². The fourth-order valence-electron chi connectivity index (χ4n) is 2.97. The number of carbonyl (C=O) groups excluding carboxylic acids is 1. The Morgan fingerprint density at radius 2 is 1.82 bits per heavy atom. The average molecular weight is 370 g/mol. The second-order valence-corrected chi connectivity index (χ2v) is 6.33. The number of rotatable bonds is 5. The molecule has 138 valence electrons. The summed E-state index contributed by atoms with van der Waals surface area (Å²) < 4.78 is 5.81. The van der Waals surface area contributed by atoms with Gasteiger partial charge >= 0.3 is 0 Å². The number of carbonyl (C=O) groups is 1. The summed E-state index contributed by atoms with van der Waals surface area (Å²) in [5.41, 5.74) is 10.4. The minimum absolute atomic E-state index is 0.384. The van der Waals surface area contributed by atoms with Crippen molar-refractivity contribution in [2.24, 2.45) is 5.73 Å². The Kier molecular flexibility index (Phi) is 4.60. The topological polar surface area (TPSA) is 94.0 Å². The summed E-state index contributed by atoms with van der Waals surface area (Å²) in [6.45, 7) is 1.98. The SMILES string of the molecule is Cc1ccc(-c2ccccc2C(N)=O)cc1Nc1ncc(-c2ccncc2)o1. The highest BCUT2D eigenvalue weighted by Crippen LogP contribution is 2.30. The van der Waals surface area contributed by atoms with Gasteiger partial charge in [0.25, 0.3) is 6.01 Å². The van der Waals surface area contributed by atoms with Gasteiger partial charge in [0.2, 0.25) is 5.91 Å². The van der Waals surface area contributed by atoms with Crippen LogP contribution in [0.3, 0.4) is 0 Å². The van der Waals surface area contributed by atoms with Crippen LogP contribution in [-0.2, 0) is 0 Å². The third-order valence-corrected chi connectivity index (χ3v) is 4.45. The number of nitrogens with two attached hydrogens (primary N) is 1. The lowest BCUT2D eigenvalue weighted by molar-refractivity contribution is 0.100. The van der Waals surface area contributed by atoms with Crippen LogP contribution in [0.5, 0.6) is 0 Å². The second-order valence-electron chi connectivity index (χ2n) is 6.33. The maximum absolute atomic E-state index is 11.8. The summed E-state index contributed by atoms with van der Waals surface area (Å²) in [6.07, 6.45) is 5.07. The molecule has 28 heavy (non-hydrogen) atoms. The van der Waals surface area contributed by atoms with Crippen LogP contribution in [0.1, 0.15) is 15.9 Å².